The molecule has 1 aliphatic rings. The lowest BCUT2D eigenvalue weighted by Crippen LogP contribution is -2.44. The molecule has 4 rings (SSSR count). The second kappa shape index (κ2) is 10.1. The first-order valence-corrected chi connectivity index (χ1v) is 12.5. The Bertz CT molecular complexity index is 1510. The standard InChI is InChI=1S/C25H24FN5O5S/c26-21-19(10-9-18(22(21)37(29,34)35)15-5-2-1-3-6-15)30-24(33)25(11-12-32)14-20(31-36-25)16-7-4-8-17(13-16)23(27)28/h1-10,13-14,31-32H,11-12H2,(H3,27,28)(H,30,33)(H2,29,34,35). The number of amidine groups is 1. The monoisotopic (exact) mass is 525 g/mol. The highest BCUT2D eigenvalue weighted by atomic mass is 32.2. The van der Waals surface area contributed by atoms with Crippen molar-refractivity contribution in [1.82, 2.24) is 5.48 Å². The molecular formula is C25H24FN5O5S. The van der Waals surface area contributed by atoms with E-state index in [4.69, 9.17) is 21.1 Å². The number of carbonyl (C=O) groups excluding carboxylic acids is 1. The zero-order valence-corrected chi connectivity index (χ0v) is 20.2. The maximum absolute atomic E-state index is 15.5. The smallest absolute Gasteiger partial charge is 0.263 e. The van der Waals surface area contributed by atoms with Crippen molar-refractivity contribution in [2.24, 2.45) is 10.9 Å². The van der Waals surface area contributed by atoms with Crippen molar-refractivity contribution in [3.63, 3.8) is 0 Å². The molecule has 10 nitrogen and oxygen atoms in total. The summed E-state index contributed by atoms with van der Waals surface area (Å²) >= 11 is 0. The number of hydrogen-bond acceptors (Lipinski definition) is 7. The lowest BCUT2D eigenvalue weighted by molar-refractivity contribution is -0.139. The van der Waals surface area contributed by atoms with Crippen LogP contribution in [0, 0.1) is 11.2 Å². The number of anilines is 1. The van der Waals surface area contributed by atoms with E-state index in [1.165, 1.54) is 18.2 Å². The molecule has 0 spiro atoms. The van der Waals surface area contributed by atoms with Crippen LogP contribution in [0.3, 0.4) is 0 Å². The van der Waals surface area contributed by atoms with Crippen LogP contribution in [0.4, 0.5) is 10.1 Å². The van der Waals surface area contributed by atoms with Gasteiger partial charge in [0.15, 0.2) is 11.4 Å². The molecular weight excluding hydrogens is 501 g/mol. The second-order valence-electron chi connectivity index (χ2n) is 8.29. The van der Waals surface area contributed by atoms with Crippen LogP contribution in [0.2, 0.25) is 0 Å². The van der Waals surface area contributed by atoms with Crippen LogP contribution in [0.15, 0.2) is 77.7 Å². The van der Waals surface area contributed by atoms with Gasteiger partial charge in [0, 0.05) is 29.7 Å². The highest BCUT2D eigenvalue weighted by Crippen LogP contribution is 2.35. The van der Waals surface area contributed by atoms with Crippen molar-refractivity contribution in [2.75, 3.05) is 11.9 Å². The third kappa shape index (κ3) is 5.22. The topological polar surface area (TPSA) is 181 Å². The molecule has 37 heavy (non-hydrogen) atoms. The van der Waals surface area contributed by atoms with Gasteiger partial charge >= 0.3 is 0 Å². The molecule has 0 saturated carbocycles. The van der Waals surface area contributed by atoms with Crippen LogP contribution >= 0.6 is 0 Å². The van der Waals surface area contributed by atoms with E-state index in [-0.39, 0.29) is 17.8 Å². The van der Waals surface area contributed by atoms with Crippen LogP contribution < -0.4 is 21.7 Å². The van der Waals surface area contributed by atoms with Crippen molar-refractivity contribution < 1.29 is 27.5 Å². The number of nitrogens with one attached hydrogen (secondary N) is 3. The highest BCUT2D eigenvalue weighted by Gasteiger charge is 2.43. The van der Waals surface area contributed by atoms with E-state index in [1.54, 1.807) is 54.6 Å². The van der Waals surface area contributed by atoms with Crippen molar-refractivity contribution >= 4 is 33.2 Å². The number of sulfonamides is 1. The van der Waals surface area contributed by atoms with Gasteiger partial charge in [-0.25, -0.2) is 17.9 Å². The minimum atomic E-state index is -4.52. The van der Waals surface area contributed by atoms with Gasteiger partial charge in [0.2, 0.25) is 10.0 Å². The SMILES string of the molecule is N=C(N)c1cccc(C2=CC(CCO)(C(=O)Nc3ccc(-c4ccccc4)c(S(N)(=O)=O)c3F)ON2)c1. The zero-order valence-electron chi connectivity index (χ0n) is 19.4. The lowest BCUT2D eigenvalue weighted by Gasteiger charge is -2.24. The average molecular weight is 526 g/mol. The van der Waals surface area contributed by atoms with E-state index >= 15 is 4.39 Å². The number of hydrogen-bond donors (Lipinski definition) is 6. The maximum Gasteiger partial charge on any atom is 0.263 e. The second-order valence-corrected chi connectivity index (χ2v) is 9.79. The number of nitrogen functional groups attached to an aromatic ring is 1. The number of aliphatic hydroxyl groups excluding tert-OH is 1. The van der Waals surface area contributed by atoms with E-state index in [1.807, 2.05) is 0 Å². The number of hydroxylamine groups is 1. The Labute approximate surface area is 212 Å². The Hall–Kier alpha value is -4.10. The van der Waals surface area contributed by atoms with Crippen LogP contribution in [-0.2, 0) is 19.7 Å². The molecule has 0 aliphatic carbocycles. The normalized spacial score (nSPS) is 17.1. The Morgan fingerprint density at radius 3 is 2.46 bits per heavy atom. The summed E-state index contributed by atoms with van der Waals surface area (Å²) in [5, 5.41) is 24.9. The third-order valence-electron chi connectivity index (χ3n) is 5.79. The van der Waals surface area contributed by atoms with Gasteiger partial charge in [-0.1, -0.05) is 54.6 Å². The molecule has 1 atom stereocenters. The van der Waals surface area contributed by atoms with Crippen LogP contribution in [0.1, 0.15) is 17.5 Å². The molecule has 3 aromatic carbocycles. The Balaban J connectivity index is 1.71. The number of carbonyl (C=O) groups is 1. The van der Waals surface area contributed by atoms with Crippen LogP contribution in [0.5, 0.6) is 0 Å². The molecule has 1 heterocycles. The summed E-state index contributed by atoms with van der Waals surface area (Å²) in [5.41, 5.74) is 7.79. The molecule has 192 valence electrons. The quantitative estimate of drug-likeness (QED) is 0.192. The average Bonchev–Trinajstić information content (AvgIpc) is 3.30. The molecule has 0 aromatic heterocycles. The van der Waals surface area contributed by atoms with Gasteiger partial charge in [-0.3, -0.25) is 20.5 Å². The van der Waals surface area contributed by atoms with Gasteiger partial charge in [-0.05, 0) is 23.8 Å². The number of benzene rings is 3. The third-order valence-corrected chi connectivity index (χ3v) is 6.76. The Kier molecular flexibility index (Phi) is 7.09. The Morgan fingerprint density at radius 1 is 1.11 bits per heavy atom. The summed E-state index contributed by atoms with van der Waals surface area (Å²) in [6.07, 6.45) is 1.21. The van der Waals surface area contributed by atoms with Gasteiger partial charge < -0.3 is 16.2 Å². The molecule has 1 amide bonds. The summed E-state index contributed by atoms with van der Waals surface area (Å²) in [6, 6.07) is 17.4. The molecule has 3 aromatic rings. The van der Waals surface area contributed by atoms with Gasteiger partial charge in [-0.15, -0.1) is 0 Å². The summed E-state index contributed by atoms with van der Waals surface area (Å²) in [5.74, 6) is -2.25. The number of halogens is 1. The number of primary sulfonamides is 1. The van der Waals surface area contributed by atoms with Crippen molar-refractivity contribution in [2.45, 2.75) is 16.9 Å². The van der Waals surface area contributed by atoms with Gasteiger partial charge in [0.05, 0.1) is 11.4 Å². The van der Waals surface area contributed by atoms with Gasteiger partial charge in [0.25, 0.3) is 5.91 Å². The zero-order chi connectivity index (χ0) is 26.8. The van der Waals surface area contributed by atoms with Crippen LogP contribution in [0.25, 0.3) is 16.8 Å². The molecule has 8 N–H and O–H groups in total. The molecule has 12 heteroatoms. The highest BCUT2D eigenvalue weighted by molar-refractivity contribution is 7.89. The molecule has 1 unspecified atom stereocenters. The first-order chi connectivity index (χ1) is 17.6. The Morgan fingerprint density at radius 2 is 1.81 bits per heavy atom. The molecule has 0 bridgehead atoms. The molecule has 0 saturated heterocycles. The van der Waals surface area contributed by atoms with E-state index in [2.05, 4.69) is 10.8 Å². The minimum Gasteiger partial charge on any atom is -0.396 e. The number of aliphatic hydroxyl groups is 1. The number of rotatable bonds is 8. The molecule has 1 aliphatic heterocycles. The maximum atomic E-state index is 15.5. The van der Waals surface area contributed by atoms with Crippen molar-refractivity contribution in [3.8, 4) is 11.1 Å². The van der Waals surface area contributed by atoms with Crippen molar-refractivity contribution in [1.29, 1.82) is 5.41 Å². The van der Waals surface area contributed by atoms with E-state index < -0.39 is 44.5 Å². The summed E-state index contributed by atoms with van der Waals surface area (Å²) in [7, 11) is -4.52. The van der Waals surface area contributed by atoms with Crippen molar-refractivity contribution in [3.05, 3.63) is 89.8 Å². The fourth-order valence-corrected chi connectivity index (χ4v) is 4.81. The fraction of sp³-hybridized carbons (Fsp3) is 0.120. The number of nitrogens with two attached hydrogens (primary N) is 2. The van der Waals surface area contributed by atoms with E-state index in [0.717, 1.165) is 0 Å². The first-order valence-electron chi connectivity index (χ1n) is 11.0. The largest absolute Gasteiger partial charge is 0.396 e. The lowest BCUT2D eigenvalue weighted by atomic mass is 9.96. The van der Waals surface area contributed by atoms with Gasteiger partial charge in [-0.2, -0.15) is 0 Å². The number of amides is 1. The van der Waals surface area contributed by atoms with E-state index in [9.17, 15) is 18.3 Å². The first kappa shape index (κ1) is 26.0. The molecule has 0 radical (unpaired) electrons. The summed E-state index contributed by atoms with van der Waals surface area (Å²) < 4.78 is 40.1. The predicted molar refractivity (Wildman–Crippen MR) is 136 cm³/mol. The van der Waals surface area contributed by atoms with Gasteiger partial charge in [0.1, 0.15) is 10.7 Å². The van der Waals surface area contributed by atoms with E-state index in [0.29, 0.717) is 22.4 Å². The molecule has 0 fully saturated rings. The summed E-state index contributed by atoms with van der Waals surface area (Å²) in [4.78, 5) is 18.1. The van der Waals surface area contributed by atoms with Crippen LogP contribution in [-0.4, -0.2) is 37.5 Å². The summed E-state index contributed by atoms with van der Waals surface area (Å²) in [6.45, 7) is -0.454. The minimum absolute atomic E-state index is 0.0370. The predicted octanol–water partition coefficient (Wildman–Crippen LogP) is 2.06. The fourth-order valence-electron chi connectivity index (χ4n) is 3.95.